The van der Waals surface area contributed by atoms with Crippen LogP contribution in [0.2, 0.25) is 5.02 Å². The third-order valence-electron chi connectivity index (χ3n) is 2.73. The van der Waals surface area contributed by atoms with E-state index in [9.17, 15) is 4.79 Å². The molecule has 0 fully saturated rings. The van der Waals surface area contributed by atoms with Crippen molar-refractivity contribution in [3.05, 3.63) is 51.2 Å². The Morgan fingerprint density at radius 1 is 1.45 bits per heavy atom. The van der Waals surface area contributed by atoms with E-state index >= 15 is 0 Å². The molecule has 104 valence electrons. The Hall–Kier alpha value is -1.59. The molecule has 0 aliphatic heterocycles. The number of carbonyl (C=O) groups is 1. The number of hydrogen-bond donors (Lipinski definition) is 1. The minimum absolute atomic E-state index is 0.273. The van der Waals surface area contributed by atoms with Gasteiger partial charge in [-0.25, -0.2) is 4.98 Å². The summed E-state index contributed by atoms with van der Waals surface area (Å²) in [7, 11) is 1.52. The van der Waals surface area contributed by atoms with E-state index in [0.717, 1.165) is 5.56 Å². The first-order valence-electron chi connectivity index (χ1n) is 5.79. The zero-order chi connectivity index (χ0) is 14.7. The zero-order valence-corrected chi connectivity index (χ0v) is 13.2. The van der Waals surface area contributed by atoms with E-state index in [4.69, 9.17) is 16.3 Å². The molecule has 0 aliphatic carbocycles. The van der Waals surface area contributed by atoms with E-state index in [1.54, 1.807) is 30.5 Å². The molecule has 6 heteroatoms. The highest BCUT2D eigenvalue weighted by molar-refractivity contribution is 9.10. The lowest BCUT2D eigenvalue weighted by molar-refractivity contribution is 0.102. The van der Waals surface area contributed by atoms with Crippen molar-refractivity contribution in [1.29, 1.82) is 0 Å². The van der Waals surface area contributed by atoms with Crippen molar-refractivity contribution in [3.8, 4) is 5.75 Å². The Bertz CT molecular complexity index is 662. The van der Waals surface area contributed by atoms with Crippen LogP contribution in [-0.2, 0) is 0 Å². The van der Waals surface area contributed by atoms with Crippen molar-refractivity contribution in [1.82, 2.24) is 4.98 Å². The van der Waals surface area contributed by atoms with E-state index in [1.807, 2.05) is 6.92 Å². The minimum atomic E-state index is -0.273. The Morgan fingerprint density at radius 3 is 2.85 bits per heavy atom. The van der Waals surface area contributed by atoms with Crippen LogP contribution in [0.15, 0.2) is 35.1 Å². The van der Waals surface area contributed by atoms with Gasteiger partial charge in [-0.2, -0.15) is 0 Å². The van der Waals surface area contributed by atoms with Crippen LogP contribution in [-0.4, -0.2) is 18.0 Å². The summed E-state index contributed by atoms with van der Waals surface area (Å²) in [5, 5.41) is 3.38. The molecule has 0 bridgehead atoms. The van der Waals surface area contributed by atoms with Crippen LogP contribution in [0.4, 0.5) is 5.69 Å². The van der Waals surface area contributed by atoms with Gasteiger partial charge in [-0.3, -0.25) is 4.79 Å². The van der Waals surface area contributed by atoms with Crippen molar-refractivity contribution >= 4 is 39.1 Å². The van der Waals surface area contributed by atoms with E-state index in [0.29, 0.717) is 26.6 Å². The van der Waals surface area contributed by atoms with Crippen molar-refractivity contribution in [2.75, 3.05) is 12.4 Å². The third kappa shape index (κ3) is 3.11. The maximum Gasteiger partial charge on any atom is 0.258 e. The quantitative estimate of drug-likeness (QED) is 0.845. The molecule has 0 aliphatic rings. The molecule has 0 unspecified atom stereocenters. The van der Waals surface area contributed by atoms with Gasteiger partial charge >= 0.3 is 0 Å². The van der Waals surface area contributed by atoms with Gasteiger partial charge in [0.05, 0.1) is 18.4 Å². The maximum absolute atomic E-state index is 12.2. The van der Waals surface area contributed by atoms with E-state index in [1.165, 1.54) is 7.11 Å². The fraction of sp³-hybridized carbons (Fsp3) is 0.143. The fourth-order valence-corrected chi connectivity index (χ4v) is 2.26. The summed E-state index contributed by atoms with van der Waals surface area (Å²) >= 11 is 9.28. The third-order valence-corrected chi connectivity index (χ3v) is 3.77. The maximum atomic E-state index is 12.2. The number of carbonyl (C=O) groups excluding carboxylic acids is 1. The Balaban J connectivity index is 2.33. The van der Waals surface area contributed by atoms with Crippen molar-refractivity contribution in [3.63, 3.8) is 0 Å². The molecule has 0 radical (unpaired) electrons. The molecule has 4 nitrogen and oxygen atoms in total. The smallest absolute Gasteiger partial charge is 0.258 e. The number of aromatic nitrogens is 1. The predicted molar refractivity (Wildman–Crippen MR) is 82.6 cm³/mol. The minimum Gasteiger partial charge on any atom is -0.495 e. The van der Waals surface area contributed by atoms with Gasteiger partial charge in [0, 0.05) is 17.3 Å². The standard InChI is InChI=1S/C14H12BrClN2O2/c1-8-6-11(12(20-2)7-10(8)16)18-14(19)9-4-3-5-17-13(9)15/h3-7H,1-2H3,(H,18,19). The number of aryl methyl sites for hydroxylation is 1. The highest BCUT2D eigenvalue weighted by Gasteiger charge is 2.14. The molecule has 1 heterocycles. The van der Waals surface area contributed by atoms with Crippen LogP contribution >= 0.6 is 27.5 Å². The number of anilines is 1. The molecule has 2 aromatic rings. The summed E-state index contributed by atoms with van der Waals surface area (Å²) in [4.78, 5) is 16.2. The van der Waals surface area contributed by atoms with Crippen molar-refractivity contribution < 1.29 is 9.53 Å². The van der Waals surface area contributed by atoms with Gasteiger partial charge in [-0.15, -0.1) is 0 Å². The van der Waals surface area contributed by atoms with Gasteiger partial charge < -0.3 is 10.1 Å². The second-order valence-electron chi connectivity index (χ2n) is 4.10. The average molecular weight is 356 g/mol. The van der Waals surface area contributed by atoms with Crippen LogP contribution in [0.5, 0.6) is 5.75 Å². The fourth-order valence-electron chi connectivity index (χ4n) is 1.67. The molecule has 0 saturated heterocycles. The summed E-state index contributed by atoms with van der Waals surface area (Å²) in [5.74, 6) is 0.235. The first-order valence-corrected chi connectivity index (χ1v) is 6.96. The van der Waals surface area contributed by atoms with Crippen LogP contribution < -0.4 is 10.1 Å². The van der Waals surface area contributed by atoms with Gasteiger partial charge in [-0.1, -0.05) is 11.6 Å². The molecule has 1 N–H and O–H groups in total. The van der Waals surface area contributed by atoms with Crippen LogP contribution in [0.25, 0.3) is 0 Å². The lowest BCUT2D eigenvalue weighted by Crippen LogP contribution is -2.14. The molecule has 1 aromatic heterocycles. The number of rotatable bonds is 3. The van der Waals surface area contributed by atoms with Gasteiger partial charge in [0.25, 0.3) is 5.91 Å². The van der Waals surface area contributed by atoms with Gasteiger partial charge in [-0.05, 0) is 46.6 Å². The van der Waals surface area contributed by atoms with Crippen molar-refractivity contribution in [2.24, 2.45) is 0 Å². The van der Waals surface area contributed by atoms with Crippen molar-refractivity contribution in [2.45, 2.75) is 6.92 Å². The first kappa shape index (κ1) is 14.8. The average Bonchev–Trinajstić information content (AvgIpc) is 2.43. The second-order valence-corrected chi connectivity index (χ2v) is 5.26. The van der Waals surface area contributed by atoms with Crippen LogP contribution in [0.3, 0.4) is 0 Å². The number of ether oxygens (including phenoxy) is 1. The molecular weight excluding hydrogens is 344 g/mol. The molecule has 0 spiro atoms. The number of nitrogens with zero attached hydrogens (tertiary/aromatic N) is 1. The SMILES string of the molecule is COc1cc(Cl)c(C)cc1NC(=O)c1cccnc1Br. The van der Waals surface area contributed by atoms with Crippen LogP contribution in [0.1, 0.15) is 15.9 Å². The van der Waals surface area contributed by atoms with Gasteiger partial charge in [0.1, 0.15) is 10.4 Å². The van der Waals surface area contributed by atoms with Crippen LogP contribution in [0, 0.1) is 6.92 Å². The zero-order valence-electron chi connectivity index (χ0n) is 10.9. The molecular formula is C14H12BrClN2O2. The van der Waals surface area contributed by atoms with E-state index < -0.39 is 0 Å². The predicted octanol–water partition coefficient (Wildman–Crippen LogP) is 4.07. The number of nitrogens with one attached hydrogen (secondary N) is 1. The number of amides is 1. The van der Waals surface area contributed by atoms with E-state index in [2.05, 4.69) is 26.2 Å². The summed E-state index contributed by atoms with van der Waals surface area (Å²) in [6.07, 6.45) is 1.61. The number of hydrogen-bond acceptors (Lipinski definition) is 3. The Morgan fingerprint density at radius 2 is 2.20 bits per heavy atom. The summed E-state index contributed by atoms with van der Waals surface area (Å²) in [6.45, 7) is 1.86. The molecule has 20 heavy (non-hydrogen) atoms. The number of halogens is 2. The molecule has 0 saturated carbocycles. The lowest BCUT2D eigenvalue weighted by atomic mass is 10.2. The summed E-state index contributed by atoms with van der Waals surface area (Å²) in [5.41, 5.74) is 1.87. The topological polar surface area (TPSA) is 51.2 Å². The number of methoxy groups -OCH3 is 1. The highest BCUT2D eigenvalue weighted by Crippen LogP contribution is 2.31. The van der Waals surface area contributed by atoms with Gasteiger partial charge in [0.15, 0.2) is 0 Å². The van der Waals surface area contributed by atoms with Gasteiger partial charge in [0.2, 0.25) is 0 Å². The largest absolute Gasteiger partial charge is 0.495 e. The molecule has 2 rings (SSSR count). The summed E-state index contributed by atoms with van der Waals surface area (Å²) < 4.78 is 5.71. The Kier molecular flexibility index (Phi) is 4.62. The summed E-state index contributed by atoms with van der Waals surface area (Å²) in [6, 6.07) is 6.82. The highest BCUT2D eigenvalue weighted by atomic mass is 79.9. The second kappa shape index (κ2) is 6.24. The monoisotopic (exact) mass is 354 g/mol. The molecule has 0 atom stereocenters. The van der Waals surface area contributed by atoms with E-state index in [-0.39, 0.29) is 5.91 Å². The first-order chi connectivity index (χ1) is 9.52. The number of pyridine rings is 1. The molecule has 1 aromatic carbocycles. The molecule has 1 amide bonds. The number of benzene rings is 1. The lowest BCUT2D eigenvalue weighted by Gasteiger charge is -2.12. The Labute approximate surface area is 130 Å². The normalized spacial score (nSPS) is 10.2.